The molecule has 0 saturated carbocycles. The van der Waals surface area contributed by atoms with Crippen LogP contribution in [0.25, 0.3) is 0 Å². The molecule has 5 heteroatoms. The van der Waals surface area contributed by atoms with E-state index in [1.807, 2.05) is 25.1 Å². The SMILES string of the molecule is CCc1ccc(C(=O)NNC(=O)c2cccc(Br)c2)cc1. The molecule has 21 heavy (non-hydrogen) atoms. The summed E-state index contributed by atoms with van der Waals surface area (Å²) in [5, 5.41) is 0. The zero-order valence-corrected chi connectivity index (χ0v) is 13.1. The molecule has 2 N–H and O–H groups in total. The van der Waals surface area contributed by atoms with Gasteiger partial charge in [-0.25, -0.2) is 0 Å². The van der Waals surface area contributed by atoms with Gasteiger partial charge in [0.25, 0.3) is 11.8 Å². The molecule has 2 rings (SSSR count). The number of carbonyl (C=O) groups is 2. The first-order valence-corrected chi connectivity index (χ1v) is 7.34. The van der Waals surface area contributed by atoms with Gasteiger partial charge in [0.05, 0.1) is 0 Å². The van der Waals surface area contributed by atoms with Crippen LogP contribution in [-0.2, 0) is 6.42 Å². The summed E-state index contributed by atoms with van der Waals surface area (Å²) in [4.78, 5) is 23.8. The third kappa shape index (κ3) is 4.16. The van der Waals surface area contributed by atoms with Crippen molar-refractivity contribution in [3.63, 3.8) is 0 Å². The molecule has 0 fully saturated rings. The van der Waals surface area contributed by atoms with Gasteiger partial charge in [0.15, 0.2) is 0 Å². The molecule has 0 spiro atoms. The largest absolute Gasteiger partial charge is 0.269 e. The van der Waals surface area contributed by atoms with Gasteiger partial charge in [-0.2, -0.15) is 0 Å². The lowest BCUT2D eigenvalue weighted by Crippen LogP contribution is -2.41. The first-order valence-electron chi connectivity index (χ1n) is 6.55. The fourth-order valence-electron chi connectivity index (χ4n) is 1.78. The van der Waals surface area contributed by atoms with Crippen molar-refractivity contribution in [2.75, 3.05) is 0 Å². The van der Waals surface area contributed by atoms with E-state index in [9.17, 15) is 9.59 Å². The molecule has 0 radical (unpaired) electrons. The van der Waals surface area contributed by atoms with E-state index < -0.39 is 0 Å². The lowest BCUT2D eigenvalue weighted by atomic mass is 10.1. The normalized spacial score (nSPS) is 10.0. The van der Waals surface area contributed by atoms with E-state index in [1.165, 1.54) is 0 Å². The Kier molecular flexibility index (Phi) is 5.11. The molecular formula is C16H15BrN2O2. The van der Waals surface area contributed by atoms with E-state index in [1.54, 1.807) is 30.3 Å². The second-order valence-corrected chi connectivity index (χ2v) is 5.38. The van der Waals surface area contributed by atoms with Crippen molar-refractivity contribution in [1.29, 1.82) is 0 Å². The van der Waals surface area contributed by atoms with Crippen LogP contribution in [0.5, 0.6) is 0 Å². The number of nitrogens with one attached hydrogen (secondary N) is 2. The van der Waals surface area contributed by atoms with Crippen LogP contribution >= 0.6 is 15.9 Å². The minimum absolute atomic E-state index is 0.346. The lowest BCUT2D eigenvalue weighted by Gasteiger charge is -2.08. The number of hydrogen-bond acceptors (Lipinski definition) is 2. The number of hydrazine groups is 1. The highest BCUT2D eigenvalue weighted by Crippen LogP contribution is 2.11. The summed E-state index contributed by atoms with van der Waals surface area (Å²) in [6.45, 7) is 2.05. The fourth-order valence-corrected chi connectivity index (χ4v) is 2.18. The van der Waals surface area contributed by atoms with Crippen LogP contribution in [-0.4, -0.2) is 11.8 Å². The summed E-state index contributed by atoms with van der Waals surface area (Å²) in [6, 6.07) is 14.2. The van der Waals surface area contributed by atoms with Crippen molar-refractivity contribution in [2.24, 2.45) is 0 Å². The Hall–Kier alpha value is -2.14. The molecule has 0 heterocycles. The van der Waals surface area contributed by atoms with E-state index >= 15 is 0 Å². The van der Waals surface area contributed by atoms with Gasteiger partial charge in [-0.3, -0.25) is 20.4 Å². The van der Waals surface area contributed by atoms with Gasteiger partial charge in [0.2, 0.25) is 0 Å². The summed E-state index contributed by atoms with van der Waals surface area (Å²) in [5.41, 5.74) is 6.92. The predicted octanol–water partition coefficient (Wildman–Crippen LogP) is 3.09. The molecule has 0 aliphatic rings. The van der Waals surface area contributed by atoms with Crippen molar-refractivity contribution in [1.82, 2.24) is 10.9 Å². The molecule has 0 aromatic heterocycles. The van der Waals surface area contributed by atoms with Gasteiger partial charge in [0.1, 0.15) is 0 Å². The average Bonchev–Trinajstić information content (AvgIpc) is 2.52. The summed E-state index contributed by atoms with van der Waals surface area (Å²) in [5.74, 6) is -0.712. The molecule has 4 nitrogen and oxygen atoms in total. The zero-order chi connectivity index (χ0) is 15.2. The number of carbonyl (C=O) groups excluding carboxylic acids is 2. The van der Waals surface area contributed by atoms with Gasteiger partial charge in [0, 0.05) is 15.6 Å². The second kappa shape index (κ2) is 7.04. The molecule has 0 unspecified atom stereocenters. The van der Waals surface area contributed by atoms with Crippen LogP contribution in [0, 0.1) is 0 Å². The highest BCUT2D eigenvalue weighted by atomic mass is 79.9. The summed E-state index contributed by atoms with van der Waals surface area (Å²) < 4.78 is 0.802. The molecule has 0 aliphatic carbocycles. The highest BCUT2D eigenvalue weighted by Gasteiger charge is 2.09. The highest BCUT2D eigenvalue weighted by molar-refractivity contribution is 9.10. The van der Waals surface area contributed by atoms with Crippen LogP contribution in [0.15, 0.2) is 53.0 Å². The van der Waals surface area contributed by atoms with Crippen molar-refractivity contribution < 1.29 is 9.59 Å². The van der Waals surface area contributed by atoms with Crippen molar-refractivity contribution in [3.05, 3.63) is 69.7 Å². The molecule has 2 aromatic rings. The standard InChI is InChI=1S/C16H15BrN2O2/c1-2-11-6-8-12(9-7-11)15(20)18-19-16(21)13-4-3-5-14(17)10-13/h3-10H,2H2,1H3,(H,18,20)(H,19,21). The fraction of sp³-hybridized carbons (Fsp3) is 0.125. The molecule has 0 atom stereocenters. The number of rotatable bonds is 3. The first-order chi connectivity index (χ1) is 10.1. The molecule has 0 aliphatic heterocycles. The van der Waals surface area contributed by atoms with E-state index in [2.05, 4.69) is 26.8 Å². The van der Waals surface area contributed by atoms with Crippen molar-refractivity contribution in [2.45, 2.75) is 13.3 Å². The Balaban J connectivity index is 1.95. The number of amides is 2. The van der Waals surface area contributed by atoms with E-state index in [0.29, 0.717) is 11.1 Å². The lowest BCUT2D eigenvalue weighted by molar-refractivity contribution is 0.0846. The maximum Gasteiger partial charge on any atom is 0.269 e. The minimum Gasteiger partial charge on any atom is -0.267 e. The summed E-state index contributed by atoms with van der Waals surface area (Å²) in [7, 11) is 0. The maximum absolute atomic E-state index is 11.9. The molecule has 2 amide bonds. The molecule has 0 saturated heterocycles. The molecule has 0 bridgehead atoms. The molecular weight excluding hydrogens is 332 g/mol. The maximum atomic E-state index is 11.9. The Morgan fingerprint density at radius 2 is 1.57 bits per heavy atom. The van der Waals surface area contributed by atoms with Crippen LogP contribution in [0.4, 0.5) is 0 Å². The van der Waals surface area contributed by atoms with Crippen molar-refractivity contribution in [3.8, 4) is 0 Å². The van der Waals surface area contributed by atoms with E-state index in [0.717, 1.165) is 16.5 Å². The molecule has 108 valence electrons. The van der Waals surface area contributed by atoms with Crippen LogP contribution in [0.2, 0.25) is 0 Å². The average molecular weight is 347 g/mol. The van der Waals surface area contributed by atoms with Crippen molar-refractivity contribution >= 4 is 27.7 Å². The second-order valence-electron chi connectivity index (χ2n) is 4.47. The Morgan fingerprint density at radius 1 is 0.952 bits per heavy atom. The van der Waals surface area contributed by atoms with Crippen LogP contribution in [0.1, 0.15) is 33.2 Å². The Bertz CT molecular complexity index is 654. The molecule has 2 aromatic carbocycles. The third-order valence-electron chi connectivity index (χ3n) is 3.00. The van der Waals surface area contributed by atoms with Gasteiger partial charge >= 0.3 is 0 Å². The predicted molar refractivity (Wildman–Crippen MR) is 84.9 cm³/mol. The van der Waals surface area contributed by atoms with Gasteiger partial charge < -0.3 is 0 Å². The number of benzene rings is 2. The number of aryl methyl sites for hydroxylation is 1. The topological polar surface area (TPSA) is 58.2 Å². The van der Waals surface area contributed by atoms with Gasteiger partial charge in [-0.1, -0.05) is 41.1 Å². The summed E-state index contributed by atoms with van der Waals surface area (Å²) in [6.07, 6.45) is 0.918. The van der Waals surface area contributed by atoms with Crippen LogP contribution < -0.4 is 10.9 Å². The Labute approximate surface area is 131 Å². The van der Waals surface area contributed by atoms with Gasteiger partial charge in [-0.05, 0) is 42.3 Å². The van der Waals surface area contributed by atoms with E-state index in [4.69, 9.17) is 0 Å². The Morgan fingerprint density at radius 3 is 2.14 bits per heavy atom. The van der Waals surface area contributed by atoms with Gasteiger partial charge in [-0.15, -0.1) is 0 Å². The quantitative estimate of drug-likeness (QED) is 0.839. The third-order valence-corrected chi connectivity index (χ3v) is 3.49. The number of hydrogen-bond donors (Lipinski definition) is 2. The van der Waals surface area contributed by atoms with E-state index in [-0.39, 0.29) is 11.8 Å². The monoisotopic (exact) mass is 346 g/mol. The smallest absolute Gasteiger partial charge is 0.267 e. The zero-order valence-electron chi connectivity index (χ0n) is 11.5. The van der Waals surface area contributed by atoms with Crippen LogP contribution in [0.3, 0.4) is 0 Å². The minimum atomic E-state index is -0.366. The summed E-state index contributed by atoms with van der Waals surface area (Å²) >= 11 is 3.29. The first kappa shape index (κ1) is 15.3. The number of halogens is 1.